The van der Waals surface area contributed by atoms with Crippen molar-refractivity contribution in [3.8, 4) is 0 Å². The fraction of sp³-hybridized carbons (Fsp3) is 0.308. The van der Waals surface area contributed by atoms with Crippen molar-refractivity contribution < 1.29 is 14.3 Å². The van der Waals surface area contributed by atoms with Crippen LogP contribution in [0.3, 0.4) is 0 Å². The predicted molar refractivity (Wildman–Crippen MR) is 132 cm³/mol. The summed E-state index contributed by atoms with van der Waals surface area (Å²) >= 11 is 18.5. The number of Topliss-reactive ketones (excluding diaryl/α,β-unsaturated/α-hetero) is 1. The number of carbonyl (C=O) groups excluding carboxylic acids is 2. The highest BCUT2D eigenvalue weighted by atomic mass is 35.5. The Morgan fingerprint density at radius 2 is 1.73 bits per heavy atom. The van der Waals surface area contributed by atoms with Crippen LogP contribution >= 0.6 is 34.8 Å². The van der Waals surface area contributed by atoms with E-state index in [1.165, 1.54) is 0 Å². The number of halogens is 3. The zero-order chi connectivity index (χ0) is 23.7. The van der Waals surface area contributed by atoms with E-state index in [9.17, 15) is 9.59 Å². The monoisotopic (exact) mass is 503 g/mol. The molecule has 1 heterocycles. The van der Waals surface area contributed by atoms with Gasteiger partial charge in [-0.3, -0.25) is 4.79 Å². The maximum absolute atomic E-state index is 13.5. The summed E-state index contributed by atoms with van der Waals surface area (Å²) in [6.45, 7) is 4.09. The molecule has 0 radical (unpaired) electrons. The van der Waals surface area contributed by atoms with E-state index in [2.05, 4.69) is 5.32 Å². The van der Waals surface area contributed by atoms with Gasteiger partial charge in [0.05, 0.1) is 22.2 Å². The van der Waals surface area contributed by atoms with Crippen LogP contribution in [-0.2, 0) is 14.3 Å². The molecule has 4 rings (SSSR count). The van der Waals surface area contributed by atoms with Crippen LogP contribution < -0.4 is 5.32 Å². The van der Waals surface area contributed by atoms with Gasteiger partial charge in [0.2, 0.25) is 0 Å². The van der Waals surface area contributed by atoms with Gasteiger partial charge in [-0.25, -0.2) is 4.79 Å². The first kappa shape index (κ1) is 23.9. The Balaban J connectivity index is 1.79. The Hall–Kier alpha value is -2.27. The van der Waals surface area contributed by atoms with Gasteiger partial charge in [0.1, 0.15) is 0 Å². The van der Waals surface area contributed by atoms with Crippen molar-refractivity contribution in [2.24, 2.45) is 0 Å². The molecule has 2 aliphatic rings. The second-order valence-corrected chi connectivity index (χ2v) is 9.63. The Morgan fingerprint density at radius 1 is 1.03 bits per heavy atom. The summed E-state index contributed by atoms with van der Waals surface area (Å²) < 4.78 is 5.48. The third kappa shape index (κ3) is 4.84. The summed E-state index contributed by atoms with van der Waals surface area (Å²) in [4.78, 5) is 26.6. The number of hydrogen-bond acceptors (Lipinski definition) is 4. The van der Waals surface area contributed by atoms with E-state index in [1.54, 1.807) is 12.1 Å². The lowest BCUT2D eigenvalue weighted by molar-refractivity contribution is -0.139. The van der Waals surface area contributed by atoms with Crippen LogP contribution in [0, 0.1) is 0 Å². The van der Waals surface area contributed by atoms with E-state index >= 15 is 0 Å². The molecule has 0 unspecified atom stereocenters. The number of nitrogens with one attached hydrogen (secondary N) is 1. The van der Waals surface area contributed by atoms with Crippen LogP contribution in [0.25, 0.3) is 0 Å². The lowest BCUT2D eigenvalue weighted by Gasteiger charge is -2.36. The smallest absolute Gasteiger partial charge is 0.336 e. The van der Waals surface area contributed by atoms with Gasteiger partial charge in [0.25, 0.3) is 0 Å². The molecule has 33 heavy (non-hydrogen) atoms. The van der Waals surface area contributed by atoms with Crippen LogP contribution in [0.2, 0.25) is 15.1 Å². The van der Waals surface area contributed by atoms with Gasteiger partial charge >= 0.3 is 5.97 Å². The van der Waals surface area contributed by atoms with Crippen molar-refractivity contribution in [2.45, 2.75) is 44.9 Å². The summed E-state index contributed by atoms with van der Waals surface area (Å²) in [5.41, 5.74) is 4.32. The average Bonchev–Trinajstić information content (AvgIpc) is 2.78. The van der Waals surface area contributed by atoms with E-state index in [1.807, 2.05) is 44.2 Å². The second kappa shape index (κ2) is 9.92. The molecule has 0 aromatic heterocycles. The van der Waals surface area contributed by atoms with Crippen molar-refractivity contribution >= 4 is 46.6 Å². The summed E-state index contributed by atoms with van der Waals surface area (Å²) in [6, 6.07) is 12.8. The van der Waals surface area contributed by atoms with Gasteiger partial charge in [0, 0.05) is 34.3 Å². The van der Waals surface area contributed by atoms with Crippen LogP contribution in [0.4, 0.5) is 0 Å². The molecule has 0 saturated heterocycles. The Bertz CT molecular complexity index is 1170. The van der Waals surface area contributed by atoms with Crippen LogP contribution in [0.15, 0.2) is 65.0 Å². The van der Waals surface area contributed by atoms with Crippen LogP contribution in [0.5, 0.6) is 0 Å². The SMILES string of the molecule is CCCOC(=O)C1=C(C)NC2=C(C(=O)C[C@H](c3ccc(Cl)cc3)C2)[C@@H]1c1ccc(Cl)c(Cl)c1. The third-order valence-corrected chi connectivity index (χ3v) is 7.09. The summed E-state index contributed by atoms with van der Waals surface area (Å²) in [5, 5.41) is 4.79. The van der Waals surface area contributed by atoms with Crippen molar-refractivity contribution in [2.75, 3.05) is 6.61 Å². The molecule has 4 nitrogen and oxygen atoms in total. The summed E-state index contributed by atoms with van der Waals surface area (Å²) in [7, 11) is 0. The largest absolute Gasteiger partial charge is 0.462 e. The van der Waals surface area contributed by atoms with E-state index in [4.69, 9.17) is 39.5 Å². The highest BCUT2D eigenvalue weighted by Crippen LogP contribution is 2.46. The lowest BCUT2D eigenvalue weighted by atomic mass is 9.72. The number of ketones is 1. The number of benzene rings is 2. The normalized spacial score (nSPS) is 20.5. The number of hydrogen-bond donors (Lipinski definition) is 1. The third-order valence-electron chi connectivity index (χ3n) is 6.10. The zero-order valence-corrected chi connectivity index (χ0v) is 20.7. The number of carbonyl (C=O) groups is 2. The number of rotatable bonds is 5. The highest BCUT2D eigenvalue weighted by Gasteiger charge is 2.41. The van der Waals surface area contributed by atoms with Gasteiger partial charge in [-0.2, -0.15) is 0 Å². The molecule has 7 heteroatoms. The van der Waals surface area contributed by atoms with E-state index in [-0.39, 0.29) is 11.7 Å². The molecule has 1 N–H and O–H groups in total. The summed E-state index contributed by atoms with van der Waals surface area (Å²) in [5.74, 6) is -0.985. The maximum Gasteiger partial charge on any atom is 0.336 e. The first-order valence-corrected chi connectivity index (χ1v) is 12.0. The number of dihydropyridines is 1. The molecule has 2 atom stereocenters. The zero-order valence-electron chi connectivity index (χ0n) is 18.4. The molecule has 0 fully saturated rings. The summed E-state index contributed by atoms with van der Waals surface area (Å²) in [6.07, 6.45) is 1.70. The van der Waals surface area contributed by atoms with Gasteiger partial charge in [-0.05, 0) is 61.1 Å². The van der Waals surface area contributed by atoms with Crippen LogP contribution in [-0.4, -0.2) is 18.4 Å². The Kier molecular flexibility index (Phi) is 7.18. The quantitative estimate of drug-likeness (QED) is 0.447. The second-order valence-electron chi connectivity index (χ2n) is 8.38. The number of esters is 1. The number of allylic oxidation sites excluding steroid dienone is 3. The maximum atomic E-state index is 13.5. The van der Waals surface area contributed by atoms with Crippen molar-refractivity contribution in [1.29, 1.82) is 0 Å². The Morgan fingerprint density at radius 3 is 2.39 bits per heavy atom. The highest BCUT2D eigenvalue weighted by molar-refractivity contribution is 6.42. The molecule has 0 spiro atoms. The molecule has 172 valence electrons. The van der Waals surface area contributed by atoms with E-state index in [0.29, 0.717) is 57.8 Å². The molecule has 2 aromatic carbocycles. The Labute approximate surface area is 208 Å². The predicted octanol–water partition coefficient (Wildman–Crippen LogP) is 6.96. The molecular weight excluding hydrogens is 481 g/mol. The topological polar surface area (TPSA) is 55.4 Å². The van der Waals surface area contributed by atoms with Crippen molar-refractivity contribution in [3.63, 3.8) is 0 Å². The first-order valence-electron chi connectivity index (χ1n) is 10.9. The minimum Gasteiger partial charge on any atom is -0.462 e. The van der Waals surface area contributed by atoms with Crippen molar-refractivity contribution in [3.05, 3.63) is 91.2 Å². The minimum absolute atomic E-state index is 0.00642. The molecule has 0 bridgehead atoms. The van der Waals surface area contributed by atoms with Crippen LogP contribution in [0.1, 0.15) is 56.1 Å². The average molecular weight is 505 g/mol. The van der Waals surface area contributed by atoms with E-state index < -0.39 is 11.9 Å². The van der Waals surface area contributed by atoms with Gasteiger partial charge in [-0.15, -0.1) is 0 Å². The number of ether oxygens (including phenoxy) is 1. The standard InChI is InChI=1S/C26H24Cl3NO3/c1-3-10-33-26(32)23-14(2)30-21-12-17(15-4-7-18(27)8-5-15)13-22(31)25(21)24(23)16-6-9-19(28)20(29)11-16/h4-9,11,17,24,30H,3,10,12-13H2,1-2H3/t17-,24-/m1/s1. The fourth-order valence-electron chi connectivity index (χ4n) is 4.58. The minimum atomic E-state index is -0.570. The molecule has 1 aliphatic heterocycles. The van der Waals surface area contributed by atoms with Gasteiger partial charge < -0.3 is 10.1 Å². The fourth-order valence-corrected chi connectivity index (χ4v) is 5.01. The lowest BCUT2D eigenvalue weighted by Crippen LogP contribution is -2.36. The molecule has 0 saturated carbocycles. The van der Waals surface area contributed by atoms with Gasteiger partial charge in [-0.1, -0.05) is 59.9 Å². The van der Waals surface area contributed by atoms with Crippen molar-refractivity contribution in [1.82, 2.24) is 5.32 Å². The van der Waals surface area contributed by atoms with Gasteiger partial charge in [0.15, 0.2) is 5.78 Å². The molecule has 0 amide bonds. The van der Waals surface area contributed by atoms with E-state index in [0.717, 1.165) is 16.8 Å². The molecule has 2 aromatic rings. The first-order chi connectivity index (χ1) is 15.8. The molecule has 1 aliphatic carbocycles. The molecular formula is C26H24Cl3NO3.